The van der Waals surface area contributed by atoms with Crippen LogP contribution in [-0.4, -0.2) is 16.4 Å². The quantitative estimate of drug-likeness (QED) is 0.591. The van der Waals surface area contributed by atoms with E-state index in [-0.39, 0.29) is 10.6 Å². The summed E-state index contributed by atoms with van der Waals surface area (Å²) in [5.74, 6) is 0. The number of hydrogen-bond donors (Lipinski definition) is 1. The van der Waals surface area contributed by atoms with Gasteiger partial charge in [0.05, 0.1) is 0 Å². The lowest BCUT2D eigenvalue weighted by atomic mass is 10.7. The highest BCUT2D eigenvalue weighted by Gasteiger charge is 1.92. The number of nitrogens with zero attached hydrogens (tertiary/aromatic N) is 3. The Morgan fingerprint density at radius 2 is 2.50 bits per heavy atom. The first-order valence-electron chi connectivity index (χ1n) is 2.50. The van der Waals surface area contributed by atoms with Crippen molar-refractivity contribution in [3.05, 3.63) is 23.0 Å². The molecule has 52 valence electrons. The Balaban J connectivity index is 3.42. The summed E-state index contributed by atoms with van der Waals surface area (Å²) >= 11 is 5.49. The molecule has 1 aromatic heterocycles. The van der Waals surface area contributed by atoms with Crippen LogP contribution in [0.25, 0.3) is 0 Å². The standard InChI is InChI=1S/C5H5ClN4/c1-8-10-3-2-9-4(6)5(10)7/h2-3,7H,1H2. The zero-order valence-electron chi connectivity index (χ0n) is 5.08. The summed E-state index contributed by atoms with van der Waals surface area (Å²) < 4.78 is 1.23. The van der Waals surface area contributed by atoms with E-state index in [0.717, 1.165) is 0 Å². The summed E-state index contributed by atoms with van der Waals surface area (Å²) in [5.41, 5.74) is 0.0409. The summed E-state index contributed by atoms with van der Waals surface area (Å²) in [7, 11) is 0. The van der Waals surface area contributed by atoms with Gasteiger partial charge in [0.15, 0.2) is 10.6 Å². The third kappa shape index (κ3) is 1.06. The Morgan fingerprint density at radius 1 is 1.80 bits per heavy atom. The van der Waals surface area contributed by atoms with E-state index >= 15 is 0 Å². The van der Waals surface area contributed by atoms with Crippen molar-refractivity contribution in [3.63, 3.8) is 0 Å². The zero-order chi connectivity index (χ0) is 7.56. The number of hydrogen-bond acceptors (Lipinski definition) is 3. The van der Waals surface area contributed by atoms with E-state index in [1.165, 1.54) is 17.1 Å². The Hall–Kier alpha value is -1.16. The highest BCUT2D eigenvalue weighted by molar-refractivity contribution is 6.29. The number of aromatic nitrogens is 2. The predicted molar refractivity (Wildman–Crippen MR) is 38.0 cm³/mol. The molecule has 0 spiro atoms. The second-order valence-electron chi connectivity index (χ2n) is 1.55. The van der Waals surface area contributed by atoms with Gasteiger partial charge in [-0.25, -0.2) is 9.66 Å². The molecule has 5 heteroatoms. The molecule has 0 amide bonds. The van der Waals surface area contributed by atoms with Gasteiger partial charge in [-0.1, -0.05) is 11.6 Å². The highest BCUT2D eigenvalue weighted by atomic mass is 35.5. The second kappa shape index (κ2) is 2.62. The lowest BCUT2D eigenvalue weighted by Crippen LogP contribution is -2.16. The normalized spacial score (nSPS) is 9.30. The van der Waals surface area contributed by atoms with E-state index in [4.69, 9.17) is 17.0 Å². The summed E-state index contributed by atoms with van der Waals surface area (Å²) in [6.07, 6.45) is 2.95. The fourth-order valence-corrected chi connectivity index (χ4v) is 0.653. The lowest BCUT2D eigenvalue weighted by molar-refractivity contribution is 0.781. The van der Waals surface area contributed by atoms with Crippen molar-refractivity contribution in [1.82, 2.24) is 9.66 Å². The fraction of sp³-hybridized carbons (Fsp3) is 0. The number of nitrogens with one attached hydrogen (secondary N) is 1. The van der Waals surface area contributed by atoms with Gasteiger partial charge in [0, 0.05) is 19.1 Å². The highest BCUT2D eigenvalue weighted by Crippen LogP contribution is 1.91. The molecule has 0 aliphatic heterocycles. The van der Waals surface area contributed by atoms with Gasteiger partial charge in [-0.3, -0.25) is 5.41 Å². The smallest absolute Gasteiger partial charge is 0.183 e. The monoisotopic (exact) mass is 156 g/mol. The molecule has 0 unspecified atom stereocenters. The molecule has 0 aromatic carbocycles. The van der Waals surface area contributed by atoms with Gasteiger partial charge in [0.25, 0.3) is 0 Å². The third-order valence-corrected chi connectivity index (χ3v) is 1.25. The first-order chi connectivity index (χ1) is 4.75. The van der Waals surface area contributed by atoms with Crippen molar-refractivity contribution in [2.75, 3.05) is 0 Å². The summed E-state index contributed by atoms with van der Waals surface area (Å²) in [6.45, 7) is 3.24. The molecular formula is C5H5ClN4. The molecule has 1 N–H and O–H groups in total. The molecule has 0 fully saturated rings. The molecule has 0 atom stereocenters. The van der Waals surface area contributed by atoms with Crippen LogP contribution in [0.2, 0.25) is 5.15 Å². The maximum absolute atomic E-state index is 7.23. The van der Waals surface area contributed by atoms with Crippen molar-refractivity contribution in [2.24, 2.45) is 5.10 Å². The summed E-state index contributed by atoms with van der Waals surface area (Å²) in [4.78, 5) is 3.66. The van der Waals surface area contributed by atoms with Crippen LogP contribution >= 0.6 is 11.6 Å². The van der Waals surface area contributed by atoms with Crippen molar-refractivity contribution in [2.45, 2.75) is 0 Å². The largest absolute Gasteiger partial charge is 0.280 e. The average molecular weight is 157 g/mol. The van der Waals surface area contributed by atoms with Gasteiger partial charge in [0.1, 0.15) is 0 Å². The minimum absolute atomic E-state index is 0.0409. The van der Waals surface area contributed by atoms with Crippen molar-refractivity contribution < 1.29 is 0 Å². The van der Waals surface area contributed by atoms with Crippen LogP contribution in [0.15, 0.2) is 17.5 Å². The molecule has 0 aliphatic rings. The fourth-order valence-electron chi connectivity index (χ4n) is 0.510. The van der Waals surface area contributed by atoms with E-state index in [1.807, 2.05) is 0 Å². The minimum Gasteiger partial charge on any atom is -0.280 e. The average Bonchev–Trinajstić information content (AvgIpc) is 1.95. The van der Waals surface area contributed by atoms with E-state index < -0.39 is 0 Å². The maximum atomic E-state index is 7.23. The molecule has 0 aliphatic carbocycles. The summed E-state index contributed by atoms with van der Waals surface area (Å²) in [6, 6.07) is 0. The SMILES string of the molecule is C=Nn1ccnc(Cl)c1=N. The number of rotatable bonds is 1. The first-order valence-corrected chi connectivity index (χ1v) is 2.88. The third-order valence-electron chi connectivity index (χ3n) is 0.973. The minimum atomic E-state index is 0.0409. The van der Waals surface area contributed by atoms with Crippen LogP contribution in [0.1, 0.15) is 0 Å². The molecule has 1 heterocycles. The van der Waals surface area contributed by atoms with E-state index in [2.05, 4.69) is 16.8 Å². The van der Waals surface area contributed by atoms with E-state index in [0.29, 0.717) is 0 Å². The molecule has 4 nitrogen and oxygen atoms in total. The zero-order valence-corrected chi connectivity index (χ0v) is 5.84. The van der Waals surface area contributed by atoms with Gasteiger partial charge in [-0.15, -0.1) is 0 Å². The lowest BCUT2D eigenvalue weighted by Gasteiger charge is -1.95. The first kappa shape index (κ1) is 6.95. The molecular weight excluding hydrogens is 152 g/mol. The van der Waals surface area contributed by atoms with Gasteiger partial charge in [-0.2, -0.15) is 5.10 Å². The molecule has 1 aromatic rings. The van der Waals surface area contributed by atoms with Crippen LogP contribution < -0.4 is 5.49 Å². The Morgan fingerprint density at radius 3 is 3.00 bits per heavy atom. The number of halogens is 1. The molecule has 0 saturated heterocycles. The van der Waals surface area contributed by atoms with Crippen LogP contribution in [0, 0.1) is 5.41 Å². The van der Waals surface area contributed by atoms with Crippen molar-refractivity contribution in [1.29, 1.82) is 5.41 Å². The Labute approximate surface area is 62.3 Å². The Kier molecular flexibility index (Phi) is 1.82. The molecule has 10 heavy (non-hydrogen) atoms. The molecule has 1 rings (SSSR count). The molecule has 0 radical (unpaired) electrons. The maximum Gasteiger partial charge on any atom is 0.183 e. The van der Waals surface area contributed by atoms with Gasteiger partial charge in [-0.05, 0) is 0 Å². The molecule has 0 saturated carbocycles. The predicted octanol–water partition coefficient (Wildman–Crippen LogP) is 0.480. The Bertz CT molecular complexity index is 303. The van der Waals surface area contributed by atoms with Crippen LogP contribution in [-0.2, 0) is 0 Å². The van der Waals surface area contributed by atoms with E-state index in [9.17, 15) is 0 Å². The molecule has 0 bridgehead atoms. The van der Waals surface area contributed by atoms with Crippen LogP contribution in [0.5, 0.6) is 0 Å². The topological polar surface area (TPSA) is 54.0 Å². The second-order valence-corrected chi connectivity index (χ2v) is 1.91. The van der Waals surface area contributed by atoms with Gasteiger partial charge < -0.3 is 0 Å². The van der Waals surface area contributed by atoms with E-state index in [1.54, 1.807) is 0 Å². The van der Waals surface area contributed by atoms with Crippen molar-refractivity contribution >= 4 is 18.3 Å². The van der Waals surface area contributed by atoms with Gasteiger partial charge >= 0.3 is 0 Å². The van der Waals surface area contributed by atoms with Crippen LogP contribution in [0.4, 0.5) is 0 Å². The van der Waals surface area contributed by atoms with Crippen LogP contribution in [0.3, 0.4) is 0 Å². The summed E-state index contributed by atoms with van der Waals surface area (Å²) in [5, 5.41) is 10.8. The van der Waals surface area contributed by atoms with Crippen molar-refractivity contribution in [3.8, 4) is 0 Å². The van der Waals surface area contributed by atoms with Gasteiger partial charge in [0.2, 0.25) is 0 Å².